The van der Waals surface area contributed by atoms with Crippen LogP contribution in [0.25, 0.3) is 0 Å². The summed E-state index contributed by atoms with van der Waals surface area (Å²) in [6.07, 6.45) is -0.767. The zero-order chi connectivity index (χ0) is 17.0. The van der Waals surface area contributed by atoms with E-state index in [9.17, 15) is 23.1 Å². The van der Waals surface area contributed by atoms with E-state index in [0.717, 1.165) is 18.2 Å². The molecule has 0 aliphatic carbocycles. The molecule has 122 valence electrons. The van der Waals surface area contributed by atoms with E-state index in [1.54, 1.807) is 6.92 Å². The molecule has 0 spiro atoms. The minimum atomic E-state index is -0.914. The molecule has 2 rings (SSSR count). The van der Waals surface area contributed by atoms with Crippen molar-refractivity contribution in [3.8, 4) is 0 Å². The summed E-state index contributed by atoms with van der Waals surface area (Å²) in [4.78, 5) is 11.9. The molecule has 0 radical (unpaired) electrons. The van der Waals surface area contributed by atoms with Crippen molar-refractivity contribution in [2.45, 2.75) is 25.5 Å². The Balaban J connectivity index is 1.98. The number of benzene rings is 2. The summed E-state index contributed by atoms with van der Waals surface area (Å²) in [5, 5.41) is 12.6. The molecule has 2 aromatic rings. The first-order valence-corrected chi connectivity index (χ1v) is 7.06. The number of amides is 1. The molecular formula is C17H16F3NO2. The molecule has 3 nitrogen and oxygen atoms in total. The zero-order valence-corrected chi connectivity index (χ0v) is 12.4. The quantitative estimate of drug-likeness (QED) is 0.886. The molecule has 0 saturated heterocycles. The first kappa shape index (κ1) is 17.0. The maximum absolute atomic E-state index is 13.5. The van der Waals surface area contributed by atoms with E-state index in [-0.39, 0.29) is 6.42 Å². The smallest absolute Gasteiger partial charge is 0.254 e. The average molecular weight is 323 g/mol. The number of hydrogen-bond acceptors (Lipinski definition) is 2. The molecule has 0 aromatic heterocycles. The van der Waals surface area contributed by atoms with Gasteiger partial charge in [0.25, 0.3) is 5.91 Å². The maximum Gasteiger partial charge on any atom is 0.254 e. The molecule has 0 bridgehead atoms. The number of carbonyl (C=O) groups is 1. The molecule has 0 saturated carbocycles. The fourth-order valence-electron chi connectivity index (χ4n) is 2.19. The first-order chi connectivity index (χ1) is 10.9. The number of carbonyl (C=O) groups excluding carboxylic acids is 1. The van der Waals surface area contributed by atoms with Crippen molar-refractivity contribution in [1.82, 2.24) is 5.32 Å². The normalized spacial score (nSPS) is 13.4. The summed E-state index contributed by atoms with van der Waals surface area (Å²) in [5.74, 6) is -2.71. The highest BCUT2D eigenvalue weighted by Gasteiger charge is 2.18. The molecule has 2 unspecified atom stereocenters. The van der Waals surface area contributed by atoms with Crippen LogP contribution in [-0.4, -0.2) is 17.1 Å². The van der Waals surface area contributed by atoms with Gasteiger partial charge in [0.15, 0.2) is 0 Å². The second kappa shape index (κ2) is 7.28. The molecule has 2 aromatic carbocycles. The van der Waals surface area contributed by atoms with Gasteiger partial charge in [0.1, 0.15) is 17.5 Å². The third-order valence-corrected chi connectivity index (χ3v) is 3.38. The van der Waals surface area contributed by atoms with Gasteiger partial charge in [0.2, 0.25) is 0 Å². The van der Waals surface area contributed by atoms with Crippen LogP contribution in [0.2, 0.25) is 0 Å². The van der Waals surface area contributed by atoms with Gasteiger partial charge >= 0.3 is 0 Å². The van der Waals surface area contributed by atoms with Gasteiger partial charge in [0, 0.05) is 6.04 Å². The number of hydrogen-bond donors (Lipinski definition) is 2. The summed E-state index contributed by atoms with van der Waals surface area (Å²) >= 11 is 0. The number of rotatable bonds is 5. The van der Waals surface area contributed by atoms with Crippen LogP contribution >= 0.6 is 0 Å². The molecule has 0 heterocycles. The molecule has 0 aliphatic rings. The standard InChI is InChI=1S/C17H16F3NO2/c1-10(8-16(22)11-2-4-12(18)5-3-11)21-17(23)14-9-13(19)6-7-15(14)20/h2-7,9-10,16,22H,8H2,1H3,(H,21,23). The summed E-state index contributed by atoms with van der Waals surface area (Å²) < 4.78 is 39.5. The molecular weight excluding hydrogens is 307 g/mol. The average Bonchev–Trinajstić information content (AvgIpc) is 2.50. The Kier molecular flexibility index (Phi) is 5.39. The fraction of sp³-hybridized carbons (Fsp3) is 0.235. The Morgan fingerprint density at radius 1 is 1.09 bits per heavy atom. The van der Waals surface area contributed by atoms with Gasteiger partial charge in [-0.2, -0.15) is 0 Å². The number of aliphatic hydroxyl groups is 1. The number of halogens is 3. The van der Waals surface area contributed by atoms with Crippen molar-refractivity contribution < 1.29 is 23.1 Å². The summed E-state index contributed by atoms with van der Waals surface area (Å²) in [6, 6.07) is 7.46. The molecule has 0 aliphatic heterocycles. The van der Waals surface area contributed by atoms with Gasteiger partial charge in [-0.15, -0.1) is 0 Å². The van der Waals surface area contributed by atoms with Crippen molar-refractivity contribution >= 4 is 5.91 Å². The Bertz CT molecular complexity index is 689. The topological polar surface area (TPSA) is 49.3 Å². The van der Waals surface area contributed by atoms with E-state index in [4.69, 9.17) is 0 Å². The lowest BCUT2D eigenvalue weighted by Gasteiger charge is -2.18. The molecule has 2 atom stereocenters. The van der Waals surface area contributed by atoms with Crippen LogP contribution in [0.15, 0.2) is 42.5 Å². The molecule has 0 fully saturated rings. The van der Waals surface area contributed by atoms with Crippen molar-refractivity contribution in [3.05, 3.63) is 71.0 Å². The summed E-state index contributed by atoms with van der Waals surface area (Å²) in [7, 11) is 0. The number of aliphatic hydroxyl groups excluding tert-OH is 1. The van der Waals surface area contributed by atoms with Crippen LogP contribution in [0.4, 0.5) is 13.2 Å². The zero-order valence-electron chi connectivity index (χ0n) is 12.4. The SMILES string of the molecule is CC(CC(O)c1ccc(F)cc1)NC(=O)c1cc(F)ccc1F. The van der Waals surface area contributed by atoms with Crippen LogP contribution in [-0.2, 0) is 0 Å². The Morgan fingerprint density at radius 3 is 2.35 bits per heavy atom. The third-order valence-electron chi connectivity index (χ3n) is 3.38. The Morgan fingerprint density at radius 2 is 1.70 bits per heavy atom. The highest BCUT2D eigenvalue weighted by Crippen LogP contribution is 2.19. The van der Waals surface area contributed by atoms with Gasteiger partial charge in [-0.3, -0.25) is 4.79 Å². The molecule has 6 heteroatoms. The van der Waals surface area contributed by atoms with E-state index < -0.39 is 41.1 Å². The predicted molar refractivity (Wildman–Crippen MR) is 79.3 cm³/mol. The monoisotopic (exact) mass is 323 g/mol. The molecule has 2 N–H and O–H groups in total. The lowest BCUT2D eigenvalue weighted by molar-refractivity contribution is 0.0912. The van der Waals surface area contributed by atoms with Crippen LogP contribution < -0.4 is 5.32 Å². The predicted octanol–water partition coefficient (Wildman–Crippen LogP) is 3.35. The molecule has 1 amide bonds. The summed E-state index contributed by atoms with van der Waals surface area (Å²) in [5.41, 5.74) is 0.109. The van der Waals surface area contributed by atoms with Crippen molar-refractivity contribution in [3.63, 3.8) is 0 Å². The second-order valence-electron chi connectivity index (χ2n) is 5.30. The first-order valence-electron chi connectivity index (χ1n) is 7.06. The van der Waals surface area contributed by atoms with Gasteiger partial charge in [0.05, 0.1) is 11.7 Å². The van der Waals surface area contributed by atoms with Crippen molar-refractivity contribution in [2.24, 2.45) is 0 Å². The Labute approximate surface area is 131 Å². The largest absolute Gasteiger partial charge is 0.388 e. The van der Waals surface area contributed by atoms with Crippen LogP contribution in [0, 0.1) is 17.5 Å². The highest BCUT2D eigenvalue weighted by atomic mass is 19.1. The van der Waals surface area contributed by atoms with Crippen LogP contribution in [0.3, 0.4) is 0 Å². The second-order valence-corrected chi connectivity index (χ2v) is 5.30. The molecule has 23 heavy (non-hydrogen) atoms. The van der Waals surface area contributed by atoms with E-state index in [1.165, 1.54) is 24.3 Å². The van der Waals surface area contributed by atoms with E-state index >= 15 is 0 Å². The summed E-state index contributed by atoms with van der Waals surface area (Å²) in [6.45, 7) is 1.63. The van der Waals surface area contributed by atoms with Crippen molar-refractivity contribution in [1.29, 1.82) is 0 Å². The minimum absolute atomic E-state index is 0.147. The minimum Gasteiger partial charge on any atom is -0.388 e. The van der Waals surface area contributed by atoms with Gasteiger partial charge < -0.3 is 10.4 Å². The Hall–Kier alpha value is -2.34. The lowest BCUT2D eigenvalue weighted by Crippen LogP contribution is -2.34. The lowest BCUT2D eigenvalue weighted by atomic mass is 10.0. The fourth-order valence-corrected chi connectivity index (χ4v) is 2.19. The van der Waals surface area contributed by atoms with Gasteiger partial charge in [-0.05, 0) is 49.2 Å². The van der Waals surface area contributed by atoms with Gasteiger partial charge in [-0.25, -0.2) is 13.2 Å². The third kappa shape index (κ3) is 4.56. The van der Waals surface area contributed by atoms with Gasteiger partial charge in [-0.1, -0.05) is 12.1 Å². The van der Waals surface area contributed by atoms with Crippen molar-refractivity contribution in [2.75, 3.05) is 0 Å². The van der Waals surface area contributed by atoms with E-state index in [0.29, 0.717) is 5.56 Å². The van der Waals surface area contributed by atoms with Crippen LogP contribution in [0.5, 0.6) is 0 Å². The number of nitrogens with one attached hydrogen (secondary N) is 1. The van der Waals surface area contributed by atoms with Crippen LogP contribution in [0.1, 0.15) is 35.4 Å². The van der Waals surface area contributed by atoms with E-state index in [1.807, 2.05) is 0 Å². The maximum atomic E-state index is 13.5. The highest BCUT2D eigenvalue weighted by molar-refractivity contribution is 5.94. The van der Waals surface area contributed by atoms with E-state index in [2.05, 4.69) is 5.32 Å².